The highest BCUT2D eigenvalue weighted by molar-refractivity contribution is 5.14. The number of nitrogens with zero attached hydrogens (tertiary/aromatic N) is 2. The fourth-order valence-corrected chi connectivity index (χ4v) is 2.73. The first-order valence-electron chi connectivity index (χ1n) is 6.46. The van der Waals surface area contributed by atoms with Gasteiger partial charge in [-0.1, -0.05) is 30.3 Å². The first-order valence-corrected chi connectivity index (χ1v) is 6.46. The predicted molar refractivity (Wildman–Crippen MR) is 69.3 cm³/mol. The highest BCUT2D eigenvalue weighted by atomic mass is 15.2. The van der Waals surface area contributed by atoms with Gasteiger partial charge in [0, 0.05) is 19.0 Å². The maximum absolute atomic E-state index is 8.84. The van der Waals surface area contributed by atoms with Crippen molar-refractivity contribution in [1.82, 2.24) is 4.90 Å². The Labute approximate surface area is 104 Å². The summed E-state index contributed by atoms with van der Waals surface area (Å²) >= 11 is 0. The lowest BCUT2D eigenvalue weighted by Crippen LogP contribution is -2.42. The Morgan fingerprint density at radius 3 is 2.82 bits per heavy atom. The van der Waals surface area contributed by atoms with Crippen molar-refractivity contribution in [2.75, 3.05) is 6.54 Å². The minimum atomic E-state index is 0.531. The van der Waals surface area contributed by atoms with E-state index in [0.717, 1.165) is 13.1 Å². The van der Waals surface area contributed by atoms with Crippen molar-refractivity contribution in [2.45, 2.75) is 38.8 Å². The van der Waals surface area contributed by atoms with Crippen LogP contribution in [0, 0.1) is 17.2 Å². The Kier molecular flexibility index (Phi) is 4.17. The Hall–Kier alpha value is -1.33. The molecule has 1 aromatic carbocycles. The van der Waals surface area contributed by atoms with Crippen LogP contribution in [0.1, 0.15) is 31.7 Å². The van der Waals surface area contributed by atoms with Gasteiger partial charge in [0.2, 0.25) is 0 Å². The molecule has 1 heterocycles. The van der Waals surface area contributed by atoms with Crippen LogP contribution in [0.15, 0.2) is 30.3 Å². The van der Waals surface area contributed by atoms with Crippen LogP contribution in [0.4, 0.5) is 0 Å². The van der Waals surface area contributed by atoms with E-state index in [9.17, 15) is 0 Å². The Morgan fingerprint density at radius 1 is 1.35 bits per heavy atom. The first kappa shape index (κ1) is 12.1. The van der Waals surface area contributed by atoms with E-state index in [0.29, 0.717) is 18.4 Å². The van der Waals surface area contributed by atoms with Gasteiger partial charge in [0.15, 0.2) is 0 Å². The Balaban J connectivity index is 1.99. The molecule has 17 heavy (non-hydrogen) atoms. The number of piperidine rings is 1. The van der Waals surface area contributed by atoms with Crippen LogP contribution in [-0.2, 0) is 6.54 Å². The highest BCUT2D eigenvalue weighted by Gasteiger charge is 2.27. The monoisotopic (exact) mass is 228 g/mol. The molecular formula is C15H20N2. The smallest absolute Gasteiger partial charge is 0.0625 e. The van der Waals surface area contributed by atoms with Crippen LogP contribution in [-0.4, -0.2) is 17.5 Å². The van der Waals surface area contributed by atoms with Crippen molar-refractivity contribution < 1.29 is 0 Å². The van der Waals surface area contributed by atoms with Crippen LogP contribution >= 0.6 is 0 Å². The van der Waals surface area contributed by atoms with E-state index in [-0.39, 0.29) is 0 Å². The molecule has 1 aromatic rings. The van der Waals surface area contributed by atoms with Gasteiger partial charge in [-0.05, 0) is 37.8 Å². The van der Waals surface area contributed by atoms with Crippen molar-refractivity contribution in [3.8, 4) is 6.07 Å². The third kappa shape index (κ3) is 3.08. The zero-order valence-corrected chi connectivity index (χ0v) is 10.5. The summed E-state index contributed by atoms with van der Waals surface area (Å²) in [6.07, 6.45) is 3.13. The molecule has 0 aromatic heterocycles. The minimum absolute atomic E-state index is 0.531. The van der Waals surface area contributed by atoms with E-state index >= 15 is 0 Å². The van der Waals surface area contributed by atoms with E-state index in [2.05, 4.69) is 48.2 Å². The second kappa shape index (κ2) is 5.84. The first-order chi connectivity index (χ1) is 8.31. The summed E-state index contributed by atoms with van der Waals surface area (Å²) < 4.78 is 0. The molecule has 1 aliphatic heterocycles. The van der Waals surface area contributed by atoms with Gasteiger partial charge in [-0.2, -0.15) is 5.26 Å². The molecule has 2 unspecified atom stereocenters. The molecule has 2 atom stereocenters. The third-order valence-electron chi connectivity index (χ3n) is 3.86. The molecule has 2 nitrogen and oxygen atoms in total. The predicted octanol–water partition coefficient (Wildman–Crippen LogP) is 3.20. The van der Waals surface area contributed by atoms with Gasteiger partial charge in [0.05, 0.1) is 6.07 Å². The van der Waals surface area contributed by atoms with E-state index < -0.39 is 0 Å². The highest BCUT2D eigenvalue weighted by Crippen LogP contribution is 2.27. The largest absolute Gasteiger partial charge is 0.296 e. The number of likely N-dealkylation sites (tertiary alicyclic amines) is 1. The number of benzene rings is 1. The molecular weight excluding hydrogens is 208 g/mol. The molecule has 1 saturated heterocycles. The molecule has 0 amide bonds. The van der Waals surface area contributed by atoms with Gasteiger partial charge in [-0.15, -0.1) is 0 Å². The molecule has 1 aliphatic rings. The van der Waals surface area contributed by atoms with Crippen molar-refractivity contribution in [1.29, 1.82) is 5.26 Å². The van der Waals surface area contributed by atoms with E-state index in [1.165, 1.54) is 18.4 Å². The Bertz CT molecular complexity index is 380. The summed E-state index contributed by atoms with van der Waals surface area (Å²) in [5, 5.41) is 8.84. The molecule has 2 heteroatoms. The lowest BCUT2D eigenvalue weighted by molar-refractivity contribution is 0.0996. The van der Waals surface area contributed by atoms with Crippen LogP contribution in [0.25, 0.3) is 0 Å². The number of hydrogen-bond donors (Lipinski definition) is 0. The summed E-state index contributed by atoms with van der Waals surface area (Å²) in [5.41, 5.74) is 1.37. The number of nitriles is 1. The molecule has 0 N–H and O–H groups in total. The third-order valence-corrected chi connectivity index (χ3v) is 3.86. The molecule has 0 radical (unpaired) electrons. The average molecular weight is 228 g/mol. The lowest BCUT2D eigenvalue weighted by Gasteiger charge is -2.38. The topological polar surface area (TPSA) is 27.0 Å². The molecule has 2 rings (SSSR count). The SMILES string of the molecule is CC1C(CC#N)CCCN1Cc1ccccc1. The zero-order chi connectivity index (χ0) is 12.1. The normalized spacial score (nSPS) is 25.4. The number of hydrogen-bond acceptors (Lipinski definition) is 2. The fraction of sp³-hybridized carbons (Fsp3) is 0.533. The lowest BCUT2D eigenvalue weighted by atomic mass is 9.88. The van der Waals surface area contributed by atoms with Gasteiger partial charge in [0.1, 0.15) is 0 Å². The average Bonchev–Trinajstić information content (AvgIpc) is 2.36. The molecule has 0 aliphatic carbocycles. The quantitative estimate of drug-likeness (QED) is 0.794. The minimum Gasteiger partial charge on any atom is -0.296 e. The van der Waals surface area contributed by atoms with Crippen molar-refractivity contribution in [3.05, 3.63) is 35.9 Å². The maximum atomic E-state index is 8.84. The van der Waals surface area contributed by atoms with Crippen LogP contribution < -0.4 is 0 Å². The van der Waals surface area contributed by atoms with E-state index in [1.54, 1.807) is 0 Å². The van der Waals surface area contributed by atoms with Gasteiger partial charge >= 0.3 is 0 Å². The van der Waals surface area contributed by atoms with Crippen LogP contribution in [0.5, 0.6) is 0 Å². The summed E-state index contributed by atoms with van der Waals surface area (Å²) in [6.45, 7) is 4.45. The van der Waals surface area contributed by atoms with Gasteiger partial charge in [-0.25, -0.2) is 0 Å². The summed E-state index contributed by atoms with van der Waals surface area (Å²) in [6, 6.07) is 13.5. The molecule has 90 valence electrons. The maximum Gasteiger partial charge on any atom is 0.0625 e. The van der Waals surface area contributed by atoms with E-state index in [4.69, 9.17) is 5.26 Å². The summed E-state index contributed by atoms with van der Waals surface area (Å²) in [5.74, 6) is 0.553. The van der Waals surface area contributed by atoms with Crippen molar-refractivity contribution in [3.63, 3.8) is 0 Å². The summed E-state index contributed by atoms with van der Waals surface area (Å²) in [7, 11) is 0. The van der Waals surface area contributed by atoms with Crippen LogP contribution in [0.2, 0.25) is 0 Å². The fourth-order valence-electron chi connectivity index (χ4n) is 2.73. The molecule has 0 bridgehead atoms. The zero-order valence-electron chi connectivity index (χ0n) is 10.5. The standard InChI is InChI=1S/C15H20N2/c1-13-15(9-10-16)8-5-11-17(13)12-14-6-3-2-4-7-14/h2-4,6-7,13,15H,5,8-9,11-12H2,1H3. The Morgan fingerprint density at radius 2 is 2.12 bits per heavy atom. The second-order valence-electron chi connectivity index (χ2n) is 4.96. The van der Waals surface area contributed by atoms with Gasteiger partial charge in [-0.3, -0.25) is 4.90 Å². The van der Waals surface area contributed by atoms with Crippen molar-refractivity contribution >= 4 is 0 Å². The van der Waals surface area contributed by atoms with Crippen molar-refractivity contribution in [2.24, 2.45) is 5.92 Å². The molecule has 0 saturated carbocycles. The second-order valence-corrected chi connectivity index (χ2v) is 4.96. The summed E-state index contributed by atoms with van der Waals surface area (Å²) in [4.78, 5) is 2.51. The van der Waals surface area contributed by atoms with E-state index in [1.807, 2.05) is 0 Å². The van der Waals surface area contributed by atoms with Gasteiger partial charge in [0.25, 0.3) is 0 Å². The number of rotatable bonds is 3. The molecule has 1 fully saturated rings. The molecule has 0 spiro atoms. The van der Waals surface area contributed by atoms with Crippen LogP contribution in [0.3, 0.4) is 0 Å². The van der Waals surface area contributed by atoms with Gasteiger partial charge < -0.3 is 0 Å².